The lowest BCUT2D eigenvalue weighted by Crippen LogP contribution is -2.50. The van der Waals surface area contributed by atoms with Crippen LogP contribution in [0.15, 0.2) is 36.5 Å². The molecular weight excluding hydrogens is 453 g/mol. The molecule has 4 rings (SSSR count). The van der Waals surface area contributed by atoms with E-state index in [9.17, 15) is 23.9 Å². The second-order valence-electron chi connectivity index (χ2n) is 9.32. The topological polar surface area (TPSA) is 138 Å². The number of benzene rings is 1. The number of aliphatic hydroxyl groups is 1. The zero-order valence-electron chi connectivity index (χ0n) is 19.6. The first kappa shape index (κ1) is 24.6. The maximum atomic E-state index is 14.4. The van der Waals surface area contributed by atoms with E-state index in [4.69, 9.17) is 5.73 Å². The SMILES string of the molecule is CC(O)C(=O)c1c(F)cccc1N1CCC(CNC(=O)C2(NC(=O)c3ccnc(N)c3)CC2)CC1. The van der Waals surface area contributed by atoms with Gasteiger partial charge >= 0.3 is 0 Å². The summed E-state index contributed by atoms with van der Waals surface area (Å²) in [4.78, 5) is 43.5. The molecule has 1 saturated carbocycles. The van der Waals surface area contributed by atoms with Crippen LogP contribution in [0.4, 0.5) is 15.9 Å². The summed E-state index contributed by atoms with van der Waals surface area (Å²) in [5.74, 6) is -1.40. The Bertz CT molecular complexity index is 1130. The Hall–Kier alpha value is -3.53. The van der Waals surface area contributed by atoms with Crippen molar-refractivity contribution < 1.29 is 23.9 Å². The lowest BCUT2D eigenvalue weighted by molar-refractivity contribution is -0.124. The maximum absolute atomic E-state index is 14.4. The summed E-state index contributed by atoms with van der Waals surface area (Å²) in [6, 6.07) is 7.48. The molecule has 1 aliphatic heterocycles. The Balaban J connectivity index is 1.30. The third-order valence-corrected chi connectivity index (χ3v) is 6.70. The molecule has 0 spiro atoms. The van der Waals surface area contributed by atoms with E-state index < -0.39 is 23.2 Å². The number of aromatic nitrogens is 1. The molecule has 2 aromatic rings. The number of piperidine rings is 1. The molecule has 2 heterocycles. The summed E-state index contributed by atoms with van der Waals surface area (Å²) < 4.78 is 14.4. The molecule has 1 saturated heterocycles. The van der Waals surface area contributed by atoms with Crippen LogP contribution in [0.5, 0.6) is 0 Å². The Morgan fingerprint density at radius 2 is 1.97 bits per heavy atom. The molecule has 1 atom stereocenters. The van der Waals surface area contributed by atoms with Gasteiger partial charge in [0, 0.05) is 31.4 Å². The quantitative estimate of drug-likeness (QED) is 0.419. The van der Waals surface area contributed by atoms with Crippen LogP contribution in [0, 0.1) is 11.7 Å². The van der Waals surface area contributed by atoms with Gasteiger partial charge in [0.05, 0.1) is 11.3 Å². The minimum absolute atomic E-state index is 0.0865. The molecule has 2 aliphatic rings. The standard InChI is InChI=1S/C25H30FN5O4/c1-15(32)22(33)21-18(26)3-2-4-19(21)31-11-6-16(7-12-31)14-29-24(35)25(8-9-25)30-23(34)17-5-10-28-20(27)13-17/h2-5,10,13,15-16,32H,6-9,11-12,14H2,1H3,(H2,27,28)(H,29,35)(H,30,34). The smallest absolute Gasteiger partial charge is 0.252 e. The van der Waals surface area contributed by atoms with Crippen molar-refractivity contribution in [2.75, 3.05) is 30.3 Å². The van der Waals surface area contributed by atoms with Gasteiger partial charge in [-0.25, -0.2) is 9.37 Å². The van der Waals surface area contributed by atoms with E-state index in [1.165, 1.54) is 25.3 Å². The number of hydrogen-bond donors (Lipinski definition) is 4. The first-order valence-corrected chi connectivity index (χ1v) is 11.8. The highest BCUT2D eigenvalue weighted by Crippen LogP contribution is 2.36. The van der Waals surface area contributed by atoms with E-state index >= 15 is 0 Å². The number of hydrogen-bond acceptors (Lipinski definition) is 7. The van der Waals surface area contributed by atoms with Crippen molar-refractivity contribution >= 4 is 29.1 Å². The zero-order chi connectivity index (χ0) is 25.2. The van der Waals surface area contributed by atoms with Gasteiger partial charge in [-0.3, -0.25) is 14.4 Å². The van der Waals surface area contributed by atoms with Gasteiger partial charge in [0.25, 0.3) is 5.91 Å². The summed E-state index contributed by atoms with van der Waals surface area (Å²) in [5, 5.41) is 15.5. The van der Waals surface area contributed by atoms with Crippen molar-refractivity contribution in [3.05, 3.63) is 53.5 Å². The molecule has 0 radical (unpaired) electrons. The predicted molar refractivity (Wildman–Crippen MR) is 128 cm³/mol. The van der Waals surface area contributed by atoms with Crippen molar-refractivity contribution in [3.63, 3.8) is 0 Å². The number of halogens is 1. The Kier molecular flexibility index (Phi) is 7.02. The zero-order valence-corrected chi connectivity index (χ0v) is 19.6. The summed E-state index contributed by atoms with van der Waals surface area (Å²) in [7, 11) is 0. The number of nitrogen functional groups attached to an aromatic ring is 1. The number of nitrogens with one attached hydrogen (secondary N) is 2. The van der Waals surface area contributed by atoms with Crippen LogP contribution < -0.4 is 21.3 Å². The Labute approximate surface area is 202 Å². The molecule has 10 heteroatoms. The molecule has 9 nitrogen and oxygen atoms in total. The summed E-state index contributed by atoms with van der Waals surface area (Å²) in [6.45, 7) is 2.98. The molecular formula is C25H30FN5O4. The molecule has 1 unspecified atom stereocenters. The number of aliphatic hydroxyl groups excluding tert-OH is 1. The third-order valence-electron chi connectivity index (χ3n) is 6.70. The monoisotopic (exact) mass is 483 g/mol. The van der Waals surface area contributed by atoms with E-state index in [1.807, 2.05) is 4.90 Å². The van der Waals surface area contributed by atoms with Gasteiger partial charge < -0.3 is 26.4 Å². The minimum Gasteiger partial charge on any atom is -0.385 e. The van der Waals surface area contributed by atoms with Crippen LogP contribution in [-0.2, 0) is 4.79 Å². The number of anilines is 2. The average Bonchev–Trinajstić information content (AvgIpc) is 3.63. The molecule has 0 bridgehead atoms. The lowest BCUT2D eigenvalue weighted by Gasteiger charge is -2.35. The molecule has 2 fully saturated rings. The number of carbonyl (C=O) groups is 3. The Morgan fingerprint density at radius 1 is 1.26 bits per heavy atom. The third kappa shape index (κ3) is 5.43. The number of Topliss-reactive ketones (excluding diaryl/α,β-unsaturated/α-hetero) is 1. The Morgan fingerprint density at radius 3 is 2.60 bits per heavy atom. The van der Waals surface area contributed by atoms with E-state index in [1.54, 1.807) is 18.2 Å². The fourth-order valence-corrected chi connectivity index (χ4v) is 4.43. The summed E-state index contributed by atoms with van der Waals surface area (Å²) in [6.07, 6.45) is 2.80. The number of pyridine rings is 1. The number of amides is 2. The fourth-order valence-electron chi connectivity index (χ4n) is 4.43. The second kappa shape index (κ2) is 9.99. The number of ketones is 1. The fraction of sp³-hybridized carbons (Fsp3) is 0.440. The highest BCUT2D eigenvalue weighted by molar-refractivity contribution is 6.04. The van der Waals surface area contributed by atoms with Crippen molar-refractivity contribution in [2.45, 2.75) is 44.2 Å². The molecule has 35 heavy (non-hydrogen) atoms. The van der Waals surface area contributed by atoms with Crippen LogP contribution in [0.3, 0.4) is 0 Å². The second-order valence-corrected chi connectivity index (χ2v) is 9.32. The van der Waals surface area contributed by atoms with E-state index in [-0.39, 0.29) is 29.1 Å². The number of rotatable bonds is 8. The van der Waals surface area contributed by atoms with Gasteiger partial charge in [-0.15, -0.1) is 0 Å². The predicted octanol–water partition coefficient (Wildman–Crippen LogP) is 1.66. The van der Waals surface area contributed by atoms with Crippen LogP contribution in [-0.4, -0.2) is 59.0 Å². The van der Waals surface area contributed by atoms with Crippen LogP contribution in [0.2, 0.25) is 0 Å². The first-order valence-electron chi connectivity index (χ1n) is 11.8. The molecule has 5 N–H and O–H groups in total. The first-order chi connectivity index (χ1) is 16.7. The van der Waals surface area contributed by atoms with Crippen molar-refractivity contribution in [3.8, 4) is 0 Å². The van der Waals surface area contributed by atoms with Gasteiger partial charge in [-0.2, -0.15) is 0 Å². The van der Waals surface area contributed by atoms with Crippen molar-refractivity contribution in [1.29, 1.82) is 0 Å². The minimum atomic E-state index is -1.29. The molecule has 1 aromatic heterocycles. The van der Waals surface area contributed by atoms with Gasteiger partial charge in [-0.05, 0) is 62.8 Å². The number of nitrogens with zero attached hydrogens (tertiary/aromatic N) is 2. The number of carbonyl (C=O) groups excluding carboxylic acids is 3. The van der Waals surface area contributed by atoms with Crippen molar-refractivity contribution in [2.24, 2.45) is 5.92 Å². The molecule has 2 amide bonds. The molecule has 1 aromatic carbocycles. The molecule has 186 valence electrons. The maximum Gasteiger partial charge on any atom is 0.252 e. The van der Waals surface area contributed by atoms with E-state index in [0.29, 0.717) is 43.7 Å². The van der Waals surface area contributed by atoms with Crippen LogP contribution in [0.25, 0.3) is 0 Å². The average molecular weight is 484 g/mol. The van der Waals surface area contributed by atoms with E-state index in [0.717, 1.165) is 12.8 Å². The van der Waals surface area contributed by atoms with E-state index in [2.05, 4.69) is 15.6 Å². The van der Waals surface area contributed by atoms with Gasteiger partial charge in [0.1, 0.15) is 23.3 Å². The van der Waals surface area contributed by atoms with Crippen LogP contribution in [0.1, 0.15) is 53.3 Å². The van der Waals surface area contributed by atoms with Gasteiger partial charge in [0.15, 0.2) is 5.78 Å². The highest BCUT2D eigenvalue weighted by Gasteiger charge is 2.51. The number of nitrogens with two attached hydrogens (primary N) is 1. The lowest BCUT2D eigenvalue weighted by atomic mass is 9.94. The highest BCUT2D eigenvalue weighted by atomic mass is 19.1. The summed E-state index contributed by atoms with van der Waals surface area (Å²) in [5.41, 5.74) is 5.49. The largest absolute Gasteiger partial charge is 0.385 e. The van der Waals surface area contributed by atoms with Crippen molar-refractivity contribution in [1.82, 2.24) is 15.6 Å². The van der Waals surface area contributed by atoms with Gasteiger partial charge in [-0.1, -0.05) is 6.07 Å². The summed E-state index contributed by atoms with van der Waals surface area (Å²) >= 11 is 0. The normalized spacial score (nSPS) is 18.0. The van der Waals surface area contributed by atoms with Crippen LogP contribution >= 0.6 is 0 Å². The van der Waals surface area contributed by atoms with Gasteiger partial charge in [0.2, 0.25) is 5.91 Å². The molecule has 1 aliphatic carbocycles.